The molecule has 0 bridgehead atoms. The van der Waals surface area contributed by atoms with E-state index in [1.165, 1.54) is 18.3 Å². The predicted octanol–water partition coefficient (Wildman–Crippen LogP) is 8.37. The third kappa shape index (κ3) is 7.27. The Balaban J connectivity index is 0.000000279. The lowest BCUT2D eigenvalue weighted by Crippen LogP contribution is -2.07. The molecule has 0 unspecified atom stereocenters. The molecule has 0 aliphatic carbocycles. The second-order valence-electron chi connectivity index (χ2n) is 7.49. The molecule has 3 aromatic carbocycles. The van der Waals surface area contributed by atoms with Crippen LogP contribution in [0.15, 0.2) is 72.9 Å². The summed E-state index contributed by atoms with van der Waals surface area (Å²) in [6, 6.07) is 17.6. The molecule has 5 nitrogen and oxygen atoms in total. The number of aromatic nitrogens is 2. The Morgan fingerprint density at radius 2 is 1.39 bits per heavy atom. The van der Waals surface area contributed by atoms with Gasteiger partial charge in [0.25, 0.3) is 0 Å². The summed E-state index contributed by atoms with van der Waals surface area (Å²) in [5.74, 6) is 0.0679. The van der Waals surface area contributed by atoms with E-state index in [1.54, 1.807) is 24.3 Å². The summed E-state index contributed by atoms with van der Waals surface area (Å²) in [7, 11) is 0. The van der Waals surface area contributed by atoms with Crippen molar-refractivity contribution >= 4 is 40.5 Å². The summed E-state index contributed by atoms with van der Waals surface area (Å²) in [4.78, 5) is 8.25. The van der Waals surface area contributed by atoms with Gasteiger partial charge in [0.15, 0.2) is 0 Å². The number of nitrogen functional groups attached to an aromatic ring is 1. The van der Waals surface area contributed by atoms with E-state index in [4.69, 9.17) is 28.9 Å². The van der Waals surface area contributed by atoms with E-state index in [2.05, 4.69) is 15.3 Å². The summed E-state index contributed by atoms with van der Waals surface area (Å²) in [5.41, 5.74) is 4.83. The second-order valence-corrected chi connectivity index (χ2v) is 8.30. The highest BCUT2D eigenvalue weighted by Gasteiger charge is 2.34. The van der Waals surface area contributed by atoms with Crippen molar-refractivity contribution in [2.75, 3.05) is 11.1 Å². The number of hydrogen-bond acceptors (Lipinski definition) is 5. The molecule has 0 saturated heterocycles. The highest BCUT2D eigenvalue weighted by molar-refractivity contribution is 6.31. The maximum Gasteiger partial charge on any atom is 0.417 e. The lowest BCUT2D eigenvalue weighted by atomic mass is 10.1. The fourth-order valence-electron chi connectivity index (χ4n) is 3.05. The van der Waals surface area contributed by atoms with E-state index in [-0.39, 0.29) is 27.9 Å². The van der Waals surface area contributed by atoms with Gasteiger partial charge in [-0.2, -0.15) is 31.6 Å². The number of alkyl halides is 6. The van der Waals surface area contributed by atoms with Crippen molar-refractivity contribution in [1.82, 2.24) is 9.97 Å². The fourth-order valence-corrected chi connectivity index (χ4v) is 3.50. The summed E-state index contributed by atoms with van der Waals surface area (Å²) in [6.07, 6.45) is -7.69. The zero-order valence-corrected chi connectivity index (χ0v) is 20.4. The molecule has 0 atom stereocenters. The minimum atomic E-state index is -4.57. The summed E-state index contributed by atoms with van der Waals surface area (Å²) < 4.78 is 75.2. The number of nitrogens with zero attached hydrogens (tertiary/aromatic N) is 3. The lowest BCUT2D eigenvalue weighted by Gasteiger charge is -2.12. The molecule has 0 amide bonds. The Labute approximate surface area is 222 Å². The third-order valence-corrected chi connectivity index (χ3v) is 5.44. The van der Waals surface area contributed by atoms with Crippen LogP contribution in [0.4, 0.5) is 43.7 Å². The molecule has 4 rings (SSSR count). The molecule has 196 valence electrons. The highest BCUT2D eigenvalue weighted by Crippen LogP contribution is 2.37. The van der Waals surface area contributed by atoms with Gasteiger partial charge in [-0.1, -0.05) is 53.5 Å². The standard InChI is InChI=1S/C18H10ClF3N4.C7H5ClF3N/c19-15-7-6-13(8-14(15)18(20,21)22)25-17-24-10-12(9-23)16(26-17)11-4-2-1-3-5-11;8-6-2-1-4(12)3-5(6)7(9,10)11/h1-8,10H,(H,24,25,26);1-3H,12H2. The molecule has 13 heteroatoms. The molecule has 0 spiro atoms. The quantitative estimate of drug-likeness (QED) is 0.191. The van der Waals surface area contributed by atoms with Crippen molar-refractivity contribution < 1.29 is 26.3 Å². The Kier molecular flexibility index (Phi) is 8.70. The van der Waals surface area contributed by atoms with Gasteiger partial charge in [0.1, 0.15) is 6.07 Å². The van der Waals surface area contributed by atoms with Gasteiger partial charge in [-0.05, 0) is 36.4 Å². The van der Waals surface area contributed by atoms with Crippen LogP contribution in [-0.2, 0) is 12.4 Å². The Morgan fingerprint density at radius 1 is 0.816 bits per heavy atom. The Morgan fingerprint density at radius 3 is 1.95 bits per heavy atom. The van der Waals surface area contributed by atoms with Gasteiger partial charge in [-0.3, -0.25) is 0 Å². The molecular weight excluding hydrogens is 555 g/mol. The average Bonchev–Trinajstić information content (AvgIpc) is 2.86. The zero-order valence-electron chi connectivity index (χ0n) is 18.9. The van der Waals surface area contributed by atoms with Gasteiger partial charge in [0, 0.05) is 16.9 Å². The van der Waals surface area contributed by atoms with Crippen molar-refractivity contribution in [3.63, 3.8) is 0 Å². The van der Waals surface area contributed by atoms with E-state index >= 15 is 0 Å². The SMILES string of the molecule is N#Cc1cnc(Nc2ccc(Cl)c(C(F)(F)F)c2)nc1-c1ccccc1.Nc1ccc(Cl)c(C(F)(F)F)c1. The largest absolute Gasteiger partial charge is 0.417 e. The van der Waals surface area contributed by atoms with Crippen molar-refractivity contribution in [3.05, 3.63) is 99.7 Å². The number of rotatable bonds is 3. The fraction of sp³-hybridized carbons (Fsp3) is 0.0800. The molecule has 3 N–H and O–H groups in total. The molecule has 38 heavy (non-hydrogen) atoms. The van der Waals surface area contributed by atoms with Crippen LogP contribution in [-0.4, -0.2) is 9.97 Å². The topological polar surface area (TPSA) is 87.6 Å². The lowest BCUT2D eigenvalue weighted by molar-refractivity contribution is -0.138. The first-order valence-electron chi connectivity index (χ1n) is 10.4. The molecular formula is C25H15Cl2F6N5. The van der Waals surface area contributed by atoms with Crippen LogP contribution < -0.4 is 11.1 Å². The number of hydrogen-bond donors (Lipinski definition) is 2. The number of halogens is 8. The minimum absolute atomic E-state index is 0.0479. The van der Waals surface area contributed by atoms with E-state index in [0.717, 1.165) is 24.3 Å². The molecule has 1 heterocycles. The number of nitriles is 1. The van der Waals surface area contributed by atoms with Crippen LogP contribution in [0, 0.1) is 11.3 Å². The van der Waals surface area contributed by atoms with Gasteiger partial charge in [0.2, 0.25) is 5.95 Å². The van der Waals surface area contributed by atoms with Crippen LogP contribution >= 0.6 is 23.2 Å². The minimum Gasteiger partial charge on any atom is -0.399 e. The monoisotopic (exact) mass is 569 g/mol. The average molecular weight is 570 g/mol. The highest BCUT2D eigenvalue weighted by atomic mass is 35.5. The first kappa shape index (κ1) is 28.6. The molecule has 0 aliphatic heterocycles. The zero-order chi connectivity index (χ0) is 28.1. The van der Waals surface area contributed by atoms with Crippen molar-refractivity contribution in [2.24, 2.45) is 0 Å². The van der Waals surface area contributed by atoms with Crippen LogP contribution in [0.3, 0.4) is 0 Å². The van der Waals surface area contributed by atoms with E-state index in [0.29, 0.717) is 11.3 Å². The van der Waals surface area contributed by atoms with Gasteiger partial charge >= 0.3 is 12.4 Å². The van der Waals surface area contributed by atoms with Crippen LogP contribution in [0.5, 0.6) is 0 Å². The maximum absolute atomic E-state index is 13.0. The van der Waals surface area contributed by atoms with E-state index < -0.39 is 28.5 Å². The molecule has 1 aromatic heterocycles. The Bertz CT molecular complexity index is 1470. The third-order valence-electron chi connectivity index (χ3n) is 4.78. The van der Waals surface area contributed by atoms with Gasteiger partial charge in [0.05, 0.1) is 38.6 Å². The van der Waals surface area contributed by atoms with Crippen LogP contribution in [0.2, 0.25) is 10.0 Å². The van der Waals surface area contributed by atoms with Gasteiger partial charge < -0.3 is 11.1 Å². The van der Waals surface area contributed by atoms with Crippen molar-refractivity contribution in [2.45, 2.75) is 12.4 Å². The number of anilines is 3. The first-order valence-corrected chi connectivity index (χ1v) is 11.1. The smallest absolute Gasteiger partial charge is 0.399 e. The van der Waals surface area contributed by atoms with Gasteiger partial charge in [-0.15, -0.1) is 0 Å². The maximum atomic E-state index is 13.0. The van der Waals surface area contributed by atoms with Crippen molar-refractivity contribution in [3.8, 4) is 17.3 Å². The normalized spacial score (nSPS) is 11.2. The van der Waals surface area contributed by atoms with Crippen LogP contribution in [0.1, 0.15) is 16.7 Å². The molecule has 0 saturated carbocycles. The summed E-state index contributed by atoms with van der Waals surface area (Å²) >= 11 is 10.9. The molecule has 4 aromatic rings. The number of nitrogens with two attached hydrogens (primary N) is 1. The molecule has 0 fully saturated rings. The Hall–Kier alpha value is -4.01. The van der Waals surface area contributed by atoms with Crippen molar-refractivity contribution in [1.29, 1.82) is 5.26 Å². The summed E-state index contributed by atoms with van der Waals surface area (Å²) in [6.45, 7) is 0. The van der Waals surface area contributed by atoms with E-state index in [9.17, 15) is 31.6 Å². The predicted molar refractivity (Wildman–Crippen MR) is 133 cm³/mol. The first-order chi connectivity index (χ1) is 17.8. The number of nitrogens with one attached hydrogen (secondary N) is 1. The summed E-state index contributed by atoms with van der Waals surface area (Å²) in [5, 5.41) is 11.2. The van der Waals surface area contributed by atoms with Gasteiger partial charge in [-0.25, -0.2) is 9.97 Å². The molecule has 0 radical (unpaired) electrons. The number of benzene rings is 3. The second kappa shape index (κ2) is 11.6. The molecule has 0 aliphatic rings. The van der Waals surface area contributed by atoms with Crippen LogP contribution in [0.25, 0.3) is 11.3 Å². The van der Waals surface area contributed by atoms with E-state index in [1.807, 2.05) is 12.1 Å².